The lowest BCUT2D eigenvalue weighted by Crippen LogP contribution is -2.32. The average molecular weight is 257 g/mol. The third-order valence-corrected chi connectivity index (χ3v) is 2.60. The monoisotopic (exact) mass is 256 g/mol. The van der Waals surface area contributed by atoms with Crippen LogP contribution in [0.1, 0.15) is 33.6 Å². The van der Waals surface area contributed by atoms with Gasteiger partial charge < -0.3 is 10.1 Å². The van der Waals surface area contributed by atoms with Crippen LogP contribution in [0, 0.1) is 0 Å². The van der Waals surface area contributed by atoms with Crippen molar-refractivity contribution in [3.05, 3.63) is 18.3 Å². The van der Waals surface area contributed by atoms with Crippen LogP contribution in [0.4, 0.5) is 5.82 Å². The summed E-state index contributed by atoms with van der Waals surface area (Å²) in [5, 5.41) is 3.38. The Kier molecular flexibility index (Phi) is 5.56. The number of ether oxygens (including phenoxy) is 1. The van der Waals surface area contributed by atoms with E-state index < -0.39 is 0 Å². The zero-order valence-electron chi connectivity index (χ0n) is 10.8. The van der Waals surface area contributed by atoms with E-state index in [1.165, 1.54) is 0 Å². The first-order valence-corrected chi connectivity index (χ1v) is 6.54. The average Bonchev–Trinajstić information content (AvgIpc) is 2.27. The highest BCUT2D eigenvalue weighted by Gasteiger charge is 2.19. The topological polar surface area (TPSA) is 34.1 Å². The van der Waals surface area contributed by atoms with E-state index in [0.29, 0.717) is 12.5 Å². The van der Waals surface area contributed by atoms with Crippen molar-refractivity contribution in [3.8, 4) is 5.75 Å². The Morgan fingerprint density at radius 1 is 1.47 bits per heavy atom. The largest absolute Gasteiger partial charge is 0.490 e. The molecule has 0 aliphatic heterocycles. The molecule has 1 heterocycles. The van der Waals surface area contributed by atoms with Crippen LogP contribution >= 0.6 is 11.6 Å². The number of nitrogens with one attached hydrogen (secondary N) is 1. The minimum absolute atomic E-state index is 0.0829. The van der Waals surface area contributed by atoms with Gasteiger partial charge in [0.15, 0.2) is 11.6 Å². The summed E-state index contributed by atoms with van der Waals surface area (Å²) in [4.78, 5) is 4.32. The Bertz CT molecular complexity index is 342. The number of hydrogen-bond donors (Lipinski definition) is 1. The lowest BCUT2D eigenvalue weighted by molar-refractivity contribution is 0.317. The number of pyridine rings is 1. The first kappa shape index (κ1) is 14.1. The molecule has 1 N–H and O–H groups in total. The molecule has 0 aromatic carbocycles. The molecule has 0 radical (unpaired) electrons. The van der Waals surface area contributed by atoms with Gasteiger partial charge in [0.05, 0.1) is 6.61 Å². The molecule has 0 amide bonds. The SMILES string of the molecule is CCCOc1cccnc1NC(C)(C)CCCl. The molecule has 1 aromatic heterocycles. The summed E-state index contributed by atoms with van der Waals surface area (Å²) < 4.78 is 5.65. The van der Waals surface area contributed by atoms with Crippen molar-refractivity contribution in [2.45, 2.75) is 39.2 Å². The maximum absolute atomic E-state index is 5.78. The molecule has 3 nitrogen and oxygen atoms in total. The summed E-state index contributed by atoms with van der Waals surface area (Å²) in [5.74, 6) is 2.21. The van der Waals surface area contributed by atoms with Gasteiger partial charge in [0, 0.05) is 17.6 Å². The zero-order valence-corrected chi connectivity index (χ0v) is 11.5. The minimum atomic E-state index is -0.0829. The van der Waals surface area contributed by atoms with Crippen LogP contribution < -0.4 is 10.1 Å². The fourth-order valence-electron chi connectivity index (χ4n) is 1.43. The van der Waals surface area contributed by atoms with Crippen LogP contribution in [-0.2, 0) is 0 Å². The lowest BCUT2D eigenvalue weighted by Gasteiger charge is -2.27. The molecule has 0 atom stereocenters. The molecule has 0 unspecified atom stereocenters. The highest BCUT2D eigenvalue weighted by molar-refractivity contribution is 6.17. The number of anilines is 1. The van der Waals surface area contributed by atoms with Gasteiger partial charge in [0.25, 0.3) is 0 Å². The van der Waals surface area contributed by atoms with E-state index in [1.54, 1.807) is 6.20 Å². The third-order valence-electron chi connectivity index (χ3n) is 2.41. The summed E-state index contributed by atoms with van der Waals surface area (Å²) >= 11 is 5.78. The van der Waals surface area contributed by atoms with E-state index in [4.69, 9.17) is 16.3 Å². The van der Waals surface area contributed by atoms with Crippen LogP contribution in [0.15, 0.2) is 18.3 Å². The van der Waals surface area contributed by atoms with Crippen LogP contribution in [0.3, 0.4) is 0 Å². The first-order chi connectivity index (χ1) is 8.09. The molecule has 4 heteroatoms. The molecular formula is C13H21ClN2O. The van der Waals surface area contributed by atoms with Crippen molar-refractivity contribution in [3.63, 3.8) is 0 Å². The van der Waals surface area contributed by atoms with E-state index in [-0.39, 0.29) is 5.54 Å². The lowest BCUT2D eigenvalue weighted by atomic mass is 10.0. The molecule has 0 spiro atoms. The van der Waals surface area contributed by atoms with Crippen molar-refractivity contribution < 1.29 is 4.74 Å². The molecule has 0 saturated carbocycles. The molecule has 0 saturated heterocycles. The van der Waals surface area contributed by atoms with Gasteiger partial charge in [0.1, 0.15) is 0 Å². The Morgan fingerprint density at radius 3 is 2.88 bits per heavy atom. The van der Waals surface area contributed by atoms with Crippen molar-refractivity contribution in [1.29, 1.82) is 0 Å². The first-order valence-electron chi connectivity index (χ1n) is 6.01. The Hall–Kier alpha value is -0.960. The van der Waals surface area contributed by atoms with Crippen molar-refractivity contribution >= 4 is 17.4 Å². The second-order valence-electron chi connectivity index (χ2n) is 4.65. The molecule has 96 valence electrons. The van der Waals surface area contributed by atoms with Gasteiger partial charge >= 0.3 is 0 Å². The zero-order chi connectivity index (χ0) is 12.7. The van der Waals surface area contributed by atoms with Gasteiger partial charge in [-0.15, -0.1) is 11.6 Å². The van der Waals surface area contributed by atoms with Crippen LogP contribution in [-0.4, -0.2) is 23.0 Å². The van der Waals surface area contributed by atoms with Crippen LogP contribution in [0.2, 0.25) is 0 Å². The highest BCUT2D eigenvalue weighted by Crippen LogP contribution is 2.25. The molecule has 1 aromatic rings. The van der Waals surface area contributed by atoms with Gasteiger partial charge in [-0.05, 0) is 38.8 Å². The summed E-state index contributed by atoms with van der Waals surface area (Å²) in [6.45, 7) is 7.00. The number of nitrogens with zero attached hydrogens (tertiary/aromatic N) is 1. The second kappa shape index (κ2) is 6.70. The quantitative estimate of drug-likeness (QED) is 0.756. The standard InChI is InChI=1S/C13H21ClN2O/c1-4-10-17-11-6-5-9-15-12(11)16-13(2,3)7-8-14/h5-6,9H,4,7-8,10H2,1-3H3,(H,15,16). The normalized spacial score (nSPS) is 11.3. The van der Waals surface area contributed by atoms with Crippen LogP contribution in [0.25, 0.3) is 0 Å². The summed E-state index contributed by atoms with van der Waals surface area (Å²) in [6.07, 6.45) is 3.62. The predicted molar refractivity (Wildman–Crippen MR) is 73.1 cm³/mol. The third kappa shape index (κ3) is 4.82. The number of alkyl halides is 1. The van der Waals surface area contributed by atoms with E-state index >= 15 is 0 Å². The maximum atomic E-state index is 5.78. The smallest absolute Gasteiger partial charge is 0.169 e. The molecule has 17 heavy (non-hydrogen) atoms. The fraction of sp³-hybridized carbons (Fsp3) is 0.615. The van der Waals surface area contributed by atoms with Crippen molar-refractivity contribution in [2.75, 3.05) is 17.8 Å². The van der Waals surface area contributed by atoms with E-state index in [2.05, 4.69) is 31.1 Å². The van der Waals surface area contributed by atoms with E-state index in [1.807, 2.05) is 12.1 Å². The fourth-order valence-corrected chi connectivity index (χ4v) is 1.90. The number of rotatable bonds is 7. The van der Waals surface area contributed by atoms with Gasteiger partial charge in [0.2, 0.25) is 0 Å². The minimum Gasteiger partial charge on any atom is -0.490 e. The van der Waals surface area contributed by atoms with Crippen LogP contribution in [0.5, 0.6) is 5.75 Å². The van der Waals surface area contributed by atoms with Gasteiger partial charge in [-0.25, -0.2) is 4.98 Å². The molecule has 0 aliphatic rings. The number of halogens is 1. The number of hydrogen-bond acceptors (Lipinski definition) is 3. The Labute approximate surface area is 109 Å². The molecule has 0 bridgehead atoms. The molecule has 0 aliphatic carbocycles. The molecular weight excluding hydrogens is 236 g/mol. The highest BCUT2D eigenvalue weighted by atomic mass is 35.5. The summed E-state index contributed by atoms with van der Waals surface area (Å²) in [5.41, 5.74) is -0.0829. The summed E-state index contributed by atoms with van der Waals surface area (Å²) in [6, 6.07) is 3.81. The van der Waals surface area contributed by atoms with E-state index in [9.17, 15) is 0 Å². The number of aromatic nitrogens is 1. The summed E-state index contributed by atoms with van der Waals surface area (Å²) in [7, 11) is 0. The van der Waals surface area contributed by atoms with Gasteiger partial charge in [-0.3, -0.25) is 0 Å². The predicted octanol–water partition coefficient (Wildman–Crippen LogP) is 3.69. The second-order valence-corrected chi connectivity index (χ2v) is 5.02. The molecule has 1 rings (SSSR count). The van der Waals surface area contributed by atoms with Crippen molar-refractivity contribution in [1.82, 2.24) is 4.98 Å². The van der Waals surface area contributed by atoms with Gasteiger partial charge in [-0.2, -0.15) is 0 Å². The molecule has 0 fully saturated rings. The maximum Gasteiger partial charge on any atom is 0.169 e. The van der Waals surface area contributed by atoms with Gasteiger partial charge in [-0.1, -0.05) is 6.92 Å². The Morgan fingerprint density at radius 2 is 2.24 bits per heavy atom. The Balaban J connectivity index is 2.75. The van der Waals surface area contributed by atoms with E-state index in [0.717, 1.165) is 24.4 Å². The van der Waals surface area contributed by atoms with Crippen molar-refractivity contribution in [2.24, 2.45) is 0 Å².